The smallest absolute Gasteiger partial charge is 0.275 e. The highest BCUT2D eigenvalue weighted by molar-refractivity contribution is 6.05. The van der Waals surface area contributed by atoms with Gasteiger partial charge in [0.05, 0.1) is 22.2 Å². The van der Waals surface area contributed by atoms with Gasteiger partial charge in [-0.15, -0.1) is 0 Å². The number of carbonyl (C=O) groups is 1. The number of hydrogen-bond donors (Lipinski definition) is 1. The number of nitro groups is 1. The Kier molecular flexibility index (Phi) is 4.51. The number of rotatable bonds is 5. The van der Waals surface area contributed by atoms with Crippen molar-refractivity contribution >= 4 is 22.5 Å². The summed E-state index contributed by atoms with van der Waals surface area (Å²) < 4.78 is 1.64. The van der Waals surface area contributed by atoms with Crippen LogP contribution in [0.3, 0.4) is 0 Å². The first-order valence-corrected chi connectivity index (χ1v) is 8.80. The summed E-state index contributed by atoms with van der Waals surface area (Å²) in [6.45, 7) is 1.90. The topological polar surface area (TPSA) is 123 Å². The number of benzene rings is 2. The van der Waals surface area contributed by atoms with Crippen LogP contribution < -0.4 is 0 Å². The van der Waals surface area contributed by atoms with Crippen LogP contribution in [0.15, 0.2) is 55.1 Å². The van der Waals surface area contributed by atoms with Gasteiger partial charge in [-0.05, 0) is 30.7 Å². The van der Waals surface area contributed by atoms with E-state index in [1.807, 2.05) is 31.2 Å². The van der Waals surface area contributed by atoms with Crippen LogP contribution in [-0.4, -0.2) is 47.7 Å². The van der Waals surface area contributed by atoms with E-state index in [4.69, 9.17) is 0 Å². The molecule has 2 aromatic carbocycles. The normalized spacial score (nSPS) is 12.1. The van der Waals surface area contributed by atoms with Gasteiger partial charge < -0.3 is 4.90 Å². The molecule has 29 heavy (non-hydrogen) atoms. The first kappa shape index (κ1) is 18.3. The van der Waals surface area contributed by atoms with E-state index in [0.29, 0.717) is 10.9 Å². The van der Waals surface area contributed by atoms with E-state index in [1.54, 1.807) is 29.0 Å². The molecule has 2 aromatic heterocycles. The van der Waals surface area contributed by atoms with Crippen molar-refractivity contribution in [2.75, 3.05) is 7.05 Å². The minimum Gasteiger partial charge on any atom is -0.334 e. The fraction of sp³-hybridized carbons (Fsp3) is 0.158. The summed E-state index contributed by atoms with van der Waals surface area (Å²) in [7, 11) is 1.68. The van der Waals surface area contributed by atoms with Gasteiger partial charge in [0.2, 0.25) is 0 Å². The van der Waals surface area contributed by atoms with Crippen molar-refractivity contribution in [3.8, 4) is 5.69 Å². The largest absolute Gasteiger partial charge is 0.334 e. The van der Waals surface area contributed by atoms with Crippen LogP contribution in [-0.2, 0) is 0 Å². The molecule has 0 radical (unpaired) electrons. The number of carbonyl (C=O) groups excluding carboxylic acids is 1. The van der Waals surface area contributed by atoms with Crippen molar-refractivity contribution in [2.45, 2.75) is 13.0 Å². The molecule has 1 N–H and O–H groups in total. The molecule has 0 unspecified atom stereocenters. The molecule has 146 valence electrons. The van der Waals surface area contributed by atoms with E-state index in [0.717, 1.165) is 11.3 Å². The highest BCUT2D eigenvalue weighted by Crippen LogP contribution is 2.26. The molecule has 0 fully saturated rings. The lowest BCUT2D eigenvalue weighted by atomic mass is 10.1. The second kappa shape index (κ2) is 7.15. The maximum absolute atomic E-state index is 13.0. The number of aromatic nitrogens is 5. The first-order valence-electron chi connectivity index (χ1n) is 8.80. The van der Waals surface area contributed by atoms with Crippen LogP contribution in [0, 0.1) is 10.1 Å². The predicted molar refractivity (Wildman–Crippen MR) is 105 cm³/mol. The summed E-state index contributed by atoms with van der Waals surface area (Å²) in [5.41, 5.74) is 2.41. The van der Waals surface area contributed by atoms with Crippen LogP contribution >= 0.6 is 0 Å². The quantitative estimate of drug-likeness (QED) is 0.412. The predicted octanol–water partition coefficient (Wildman–Crippen LogP) is 2.89. The molecule has 0 bridgehead atoms. The average Bonchev–Trinajstić information content (AvgIpc) is 3.41. The number of nitrogens with one attached hydrogen (secondary N) is 1. The monoisotopic (exact) mass is 391 g/mol. The molecule has 10 heteroatoms. The Morgan fingerprint density at radius 3 is 2.66 bits per heavy atom. The summed E-state index contributed by atoms with van der Waals surface area (Å²) in [4.78, 5) is 29.1. The number of non-ortho nitro benzene ring substituents is 1. The van der Waals surface area contributed by atoms with Gasteiger partial charge in [0, 0.05) is 24.6 Å². The summed E-state index contributed by atoms with van der Waals surface area (Å²) in [6.07, 6.45) is 3.07. The molecule has 0 aliphatic carbocycles. The molecular formula is C19H17N7O3. The molecule has 4 aromatic rings. The summed E-state index contributed by atoms with van der Waals surface area (Å²) in [6, 6.07) is 11.7. The Labute approximate surface area is 164 Å². The van der Waals surface area contributed by atoms with E-state index < -0.39 is 4.92 Å². The van der Waals surface area contributed by atoms with Crippen LogP contribution in [0.2, 0.25) is 0 Å². The Balaban J connectivity index is 1.59. The highest BCUT2D eigenvalue weighted by atomic mass is 16.6. The van der Waals surface area contributed by atoms with E-state index in [2.05, 4.69) is 20.3 Å². The van der Waals surface area contributed by atoms with Gasteiger partial charge in [-0.3, -0.25) is 20.0 Å². The van der Waals surface area contributed by atoms with Gasteiger partial charge in [0.15, 0.2) is 5.69 Å². The lowest BCUT2D eigenvalue weighted by Crippen LogP contribution is -2.30. The van der Waals surface area contributed by atoms with Crippen molar-refractivity contribution in [1.29, 1.82) is 0 Å². The molecule has 1 atom stereocenters. The molecule has 4 rings (SSSR count). The van der Waals surface area contributed by atoms with Gasteiger partial charge in [0.25, 0.3) is 11.6 Å². The minimum atomic E-state index is -0.496. The third-order valence-electron chi connectivity index (χ3n) is 4.92. The van der Waals surface area contributed by atoms with Gasteiger partial charge in [-0.1, -0.05) is 12.1 Å². The summed E-state index contributed by atoms with van der Waals surface area (Å²) in [5.74, 6) is -0.329. The number of fused-ring (bicyclic) bond motifs is 1. The Hall–Kier alpha value is -4.08. The molecule has 1 amide bonds. The van der Waals surface area contributed by atoms with Crippen LogP contribution in [0.5, 0.6) is 0 Å². The van der Waals surface area contributed by atoms with Gasteiger partial charge in [0.1, 0.15) is 12.7 Å². The second-order valence-corrected chi connectivity index (χ2v) is 6.58. The van der Waals surface area contributed by atoms with E-state index in [-0.39, 0.29) is 23.3 Å². The number of H-pyrrole nitrogens is 1. The van der Waals surface area contributed by atoms with Crippen molar-refractivity contribution in [1.82, 2.24) is 29.9 Å². The SMILES string of the molecule is C[C@H](c1ccc(-n2cncn2)cc1)N(C)C(=O)c1n[nH]c2ccc([N+](=O)[O-])cc12. The Morgan fingerprint density at radius 1 is 1.24 bits per heavy atom. The van der Waals surface area contributed by atoms with Crippen LogP contribution in [0.25, 0.3) is 16.6 Å². The van der Waals surface area contributed by atoms with Gasteiger partial charge >= 0.3 is 0 Å². The molecule has 0 saturated carbocycles. The molecule has 0 spiro atoms. The highest BCUT2D eigenvalue weighted by Gasteiger charge is 2.24. The van der Waals surface area contributed by atoms with E-state index >= 15 is 0 Å². The molecule has 10 nitrogen and oxygen atoms in total. The Morgan fingerprint density at radius 2 is 2.00 bits per heavy atom. The van der Waals surface area contributed by atoms with Crippen molar-refractivity contribution < 1.29 is 9.72 Å². The lowest BCUT2D eigenvalue weighted by molar-refractivity contribution is -0.384. The number of nitro benzene ring substituents is 1. The van der Waals surface area contributed by atoms with E-state index in [9.17, 15) is 14.9 Å². The molecule has 0 aliphatic rings. The van der Waals surface area contributed by atoms with Gasteiger partial charge in [-0.2, -0.15) is 10.2 Å². The van der Waals surface area contributed by atoms with E-state index in [1.165, 1.54) is 18.5 Å². The molecular weight excluding hydrogens is 374 g/mol. The summed E-state index contributed by atoms with van der Waals surface area (Å²) >= 11 is 0. The number of hydrogen-bond acceptors (Lipinski definition) is 6. The number of nitrogens with zero attached hydrogens (tertiary/aromatic N) is 6. The first-order chi connectivity index (χ1) is 14.0. The fourth-order valence-corrected chi connectivity index (χ4v) is 3.09. The zero-order valence-electron chi connectivity index (χ0n) is 15.7. The maximum atomic E-state index is 13.0. The second-order valence-electron chi connectivity index (χ2n) is 6.58. The molecule has 0 saturated heterocycles. The fourth-order valence-electron chi connectivity index (χ4n) is 3.09. The van der Waals surface area contributed by atoms with Gasteiger partial charge in [-0.25, -0.2) is 9.67 Å². The van der Waals surface area contributed by atoms with Crippen molar-refractivity contribution in [2.24, 2.45) is 0 Å². The maximum Gasteiger partial charge on any atom is 0.275 e. The summed E-state index contributed by atoms with van der Waals surface area (Å²) in [5, 5.41) is 22.4. The third-order valence-corrected chi connectivity index (χ3v) is 4.92. The zero-order chi connectivity index (χ0) is 20.5. The standard InChI is InChI=1S/C19H17N7O3/c1-12(13-3-5-14(6-4-13)25-11-20-10-21-25)24(2)19(27)18-16-9-15(26(28)29)7-8-17(16)22-23-18/h3-12H,1-2H3,(H,22,23)/t12-/m1/s1. The van der Waals surface area contributed by atoms with Crippen molar-refractivity contribution in [3.05, 3.63) is 76.5 Å². The minimum absolute atomic E-state index is 0.0904. The molecule has 0 aliphatic heterocycles. The zero-order valence-corrected chi connectivity index (χ0v) is 15.7. The van der Waals surface area contributed by atoms with Crippen LogP contribution in [0.1, 0.15) is 29.0 Å². The average molecular weight is 391 g/mol. The number of amides is 1. The van der Waals surface area contributed by atoms with Crippen LogP contribution in [0.4, 0.5) is 5.69 Å². The van der Waals surface area contributed by atoms with Crippen molar-refractivity contribution in [3.63, 3.8) is 0 Å². The Bertz CT molecular complexity index is 1180. The molecule has 2 heterocycles. The lowest BCUT2D eigenvalue weighted by Gasteiger charge is -2.25. The number of aromatic amines is 1. The third kappa shape index (κ3) is 3.31.